The van der Waals surface area contributed by atoms with Gasteiger partial charge in [-0.05, 0) is 32.0 Å². The second-order valence-electron chi connectivity index (χ2n) is 4.01. The Labute approximate surface area is 105 Å². The van der Waals surface area contributed by atoms with Gasteiger partial charge >= 0.3 is 0 Å². The van der Waals surface area contributed by atoms with Gasteiger partial charge in [0.2, 0.25) is 5.95 Å². The molecule has 96 valence electrons. The molecule has 0 unspecified atom stereocenters. The molecule has 2 heterocycles. The van der Waals surface area contributed by atoms with E-state index in [4.69, 9.17) is 15.9 Å². The molecule has 0 amide bonds. The minimum absolute atomic E-state index is 0.244. The van der Waals surface area contributed by atoms with Crippen LogP contribution in [0, 0.1) is 6.92 Å². The van der Waals surface area contributed by atoms with E-state index in [9.17, 15) is 0 Å². The van der Waals surface area contributed by atoms with Crippen molar-refractivity contribution < 1.29 is 4.42 Å². The molecule has 2 aromatic heterocycles. The molecule has 5 N–H and O–H groups in total. The lowest BCUT2D eigenvalue weighted by Crippen LogP contribution is -2.10. The summed E-state index contributed by atoms with van der Waals surface area (Å²) in [5.74, 6) is 2.69. The molecule has 18 heavy (non-hydrogen) atoms. The number of nitrogen functional groups attached to an aromatic ring is 1. The molecule has 0 saturated carbocycles. The SMILES string of the molecule is Cc1ccc(CNc2nc(N)ncc2CCN)o1. The average molecular weight is 247 g/mol. The highest BCUT2D eigenvalue weighted by Gasteiger charge is 2.06. The highest BCUT2D eigenvalue weighted by molar-refractivity contribution is 5.46. The Bertz CT molecular complexity index is 523. The first-order chi connectivity index (χ1) is 8.69. The van der Waals surface area contributed by atoms with E-state index in [1.165, 1.54) is 0 Å². The van der Waals surface area contributed by atoms with Crippen LogP contribution in [0.25, 0.3) is 0 Å². The van der Waals surface area contributed by atoms with E-state index in [2.05, 4.69) is 15.3 Å². The molecule has 0 saturated heterocycles. The summed E-state index contributed by atoms with van der Waals surface area (Å²) < 4.78 is 5.47. The number of aryl methyl sites for hydroxylation is 1. The smallest absolute Gasteiger partial charge is 0.221 e. The molecule has 2 rings (SSSR count). The van der Waals surface area contributed by atoms with Crippen molar-refractivity contribution in [2.24, 2.45) is 5.73 Å². The van der Waals surface area contributed by atoms with Gasteiger partial charge in [0.15, 0.2) is 0 Å². The predicted molar refractivity (Wildman–Crippen MR) is 70.0 cm³/mol. The molecule has 0 aliphatic rings. The topological polar surface area (TPSA) is 103 Å². The zero-order chi connectivity index (χ0) is 13.0. The van der Waals surface area contributed by atoms with Gasteiger partial charge in [-0.2, -0.15) is 4.98 Å². The summed E-state index contributed by atoms with van der Waals surface area (Å²) in [4.78, 5) is 8.14. The van der Waals surface area contributed by atoms with Gasteiger partial charge in [-0.3, -0.25) is 0 Å². The lowest BCUT2D eigenvalue weighted by atomic mass is 10.2. The van der Waals surface area contributed by atoms with Gasteiger partial charge in [-0.15, -0.1) is 0 Å². The standard InChI is InChI=1S/C12H17N5O/c1-8-2-3-10(18-8)7-15-11-9(4-5-13)6-16-12(14)17-11/h2-3,6H,4-5,7,13H2,1H3,(H3,14,15,16,17). The number of hydrogen-bond acceptors (Lipinski definition) is 6. The van der Waals surface area contributed by atoms with Gasteiger partial charge < -0.3 is 21.2 Å². The lowest BCUT2D eigenvalue weighted by Gasteiger charge is -2.09. The summed E-state index contributed by atoms with van der Waals surface area (Å²) in [5.41, 5.74) is 12.1. The van der Waals surface area contributed by atoms with Gasteiger partial charge in [-0.1, -0.05) is 0 Å². The minimum Gasteiger partial charge on any atom is -0.465 e. The summed E-state index contributed by atoms with van der Waals surface area (Å²) in [5, 5.41) is 3.19. The van der Waals surface area contributed by atoms with Crippen LogP contribution in [-0.2, 0) is 13.0 Å². The second kappa shape index (κ2) is 5.50. The van der Waals surface area contributed by atoms with Crippen LogP contribution in [0.15, 0.2) is 22.7 Å². The van der Waals surface area contributed by atoms with Gasteiger partial charge in [0.1, 0.15) is 17.3 Å². The second-order valence-corrected chi connectivity index (χ2v) is 4.01. The van der Waals surface area contributed by atoms with Crippen LogP contribution in [-0.4, -0.2) is 16.5 Å². The maximum atomic E-state index is 5.58. The molecule has 0 aromatic carbocycles. The molecule has 0 radical (unpaired) electrons. The van der Waals surface area contributed by atoms with Crippen molar-refractivity contribution in [2.75, 3.05) is 17.6 Å². The molecule has 0 aliphatic carbocycles. The number of nitrogens with zero attached hydrogens (tertiary/aromatic N) is 2. The van der Waals surface area contributed by atoms with E-state index in [0.717, 1.165) is 17.1 Å². The summed E-state index contributed by atoms with van der Waals surface area (Å²) in [6, 6.07) is 3.85. The summed E-state index contributed by atoms with van der Waals surface area (Å²) in [6.07, 6.45) is 2.41. The van der Waals surface area contributed by atoms with Crippen LogP contribution in [0.1, 0.15) is 17.1 Å². The van der Waals surface area contributed by atoms with Crippen molar-refractivity contribution in [3.63, 3.8) is 0 Å². The Morgan fingerprint density at radius 2 is 2.22 bits per heavy atom. The van der Waals surface area contributed by atoms with E-state index in [-0.39, 0.29) is 5.95 Å². The fraction of sp³-hybridized carbons (Fsp3) is 0.333. The Morgan fingerprint density at radius 1 is 1.39 bits per heavy atom. The Kier molecular flexibility index (Phi) is 3.78. The summed E-state index contributed by atoms with van der Waals surface area (Å²) >= 11 is 0. The first-order valence-corrected chi connectivity index (χ1v) is 5.79. The van der Waals surface area contributed by atoms with E-state index >= 15 is 0 Å². The lowest BCUT2D eigenvalue weighted by molar-refractivity contribution is 0.490. The Morgan fingerprint density at radius 3 is 2.89 bits per heavy atom. The molecule has 0 atom stereocenters. The quantitative estimate of drug-likeness (QED) is 0.730. The minimum atomic E-state index is 0.244. The fourth-order valence-electron chi connectivity index (χ4n) is 1.66. The van der Waals surface area contributed by atoms with Crippen LogP contribution in [0.5, 0.6) is 0 Å². The normalized spacial score (nSPS) is 10.6. The van der Waals surface area contributed by atoms with Crippen molar-refractivity contribution in [1.82, 2.24) is 9.97 Å². The van der Waals surface area contributed by atoms with Gasteiger partial charge in [0.25, 0.3) is 0 Å². The molecular formula is C12H17N5O. The fourth-order valence-corrected chi connectivity index (χ4v) is 1.66. The van der Waals surface area contributed by atoms with Crippen molar-refractivity contribution in [2.45, 2.75) is 19.9 Å². The third-order valence-electron chi connectivity index (χ3n) is 2.52. The van der Waals surface area contributed by atoms with Crippen molar-refractivity contribution in [1.29, 1.82) is 0 Å². The summed E-state index contributed by atoms with van der Waals surface area (Å²) in [6.45, 7) is 3.01. The largest absolute Gasteiger partial charge is 0.465 e. The van der Waals surface area contributed by atoms with E-state index in [1.54, 1.807) is 6.20 Å². The predicted octanol–water partition coefficient (Wildman–Crippen LogP) is 1.07. The number of nitrogens with two attached hydrogens (primary N) is 2. The molecule has 0 aliphatic heterocycles. The van der Waals surface area contributed by atoms with Crippen molar-refractivity contribution in [3.05, 3.63) is 35.4 Å². The Hall–Kier alpha value is -2.08. The van der Waals surface area contributed by atoms with Gasteiger partial charge in [0, 0.05) is 11.8 Å². The van der Waals surface area contributed by atoms with Crippen LogP contribution < -0.4 is 16.8 Å². The molecule has 0 fully saturated rings. The average Bonchev–Trinajstić information content (AvgIpc) is 2.76. The first kappa shape index (κ1) is 12.4. The molecular weight excluding hydrogens is 230 g/mol. The molecule has 0 spiro atoms. The van der Waals surface area contributed by atoms with Crippen LogP contribution in [0.4, 0.5) is 11.8 Å². The highest BCUT2D eigenvalue weighted by atomic mass is 16.3. The van der Waals surface area contributed by atoms with E-state index < -0.39 is 0 Å². The van der Waals surface area contributed by atoms with Crippen LogP contribution in [0.3, 0.4) is 0 Å². The number of hydrogen-bond donors (Lipinski definition) is 3. The van der Waals surface area contributed by atoms with Crippen LogP contribution >= 0.6 is 0 Å². The monoisotopic (exact) mass is 247 g/mol. The van der Waals surface area contributed by atoms with Gasteiger partial charge in [0.05, 0.1) is 6.54 Å². The molecule has 6 nitrogen and oxygen atoms in total. The maximum absolute atomic E-state index is 5.58. The maximum Gasteiger partial charge on any atom is 0.221 e. The zero-order valence-electron chi connectivity index (χ0n) is 10.3. The van der Waals surface area contributed by atoms with Crippen LogP contribution in [0.2, 0.25) is 0 Å². The summed E-state index contributed by atoms with van der Waals surface area (Å²) in [7, 11) is 0. The number of furan rings is 1. The zero-order valence-corrected chi connectivity index (χ0v) is 10.3. The third-order valence-corrected chi connectivity index (χ3v) is 2.52. The Balaban J connectivity index is 2.09. The number of anilines is 2. The first-order valence-electron chi connectivity index (χ1n) is 5.79. The molecule has 0 bridgehead atoms. The van der Waals surface area contributed by atoms with E-state index in [0.29, 0.717) is 25.3 Å². The third kappa shape index (κ3) is 2.98. The van der Waals surface area contributed by atoms with Gasteiger partial charge in [-0.25, -0.2) is 4.98 Å². The highest BCUT2D eigenvalue weighted by Crippen LogP contribution is 2.15. The van der Waals surface area contributed by atoms with E-state index in [1.807, 2.05) is 19.1 Å². The number of rotatable bonds is 5. The van der Waals surface area contributed by atoms with Crippen molar-refractivity contribution >= 4 is 11.8 Å². The number of aromatic nitrogens is 2. The molecule has 2 aromatic rings. The molecule has 6 heteroatoms. The van der Waals surface area contributed by atoms with Crippen molar-refractivity contribution in [3.8, 4) is 0 Å². The number of nitrogens with one attached hydrogen (secondary N) is 1.